The minimum atomic E-state index is -0.0121. The zero-order valence-corrected chi connectivity index (χ0v) is 18.7. The standard InChI is InChI=1S/C25H29N3O2S/c1-2-19-8-10-21(11-9-19)25-27-22(18-31-25)14-24(29)26-15-23-17-28(12-13-30-23)16-20-6-4-3-5-7-20/h3-11,18,23H,2,12-17H2,1H3,(H,26,29). The first kappa shape index (κ1) is 21.7. The van der Waals surface area contributed by atoms with Crippen LogP contribution in [0.4, 0.5) is 0 Å². The van der Waals surface area contributed by atoms with Gasteiger partial charge in [0.25, 0.3) is 0 Å². The molecule has 1 N–H and O–H groups in total. The second-order valence-corrected chi connectivity index (χ2v) is 8.75. The van der Waals surface area contributed by atoms with E-state index >= 15 is 0 Å². The van der Waals surface area contributed by atoms with Crippen LogP contribution in [0.25, 0.3) is 10.6 Å². The molecule has 1 unspecified atom stereocenters. The van der Waals surface area contributed by atoms with E-state index in [9.17, 15) is 4.79 Å². The van der Waals surface area contributed by atoms with Gasteiger partial charge in [-0.15, -0.1) is 11.3 Å². The molecule has 4 rings (SSSR count). The summed E-state index contributed by atoms with van der Waals surface area (Å²) in [6, 6.07) is 18.9. The topological polar surface area (TPSA) is 54.5 Å². The molecule has 0 bridgehead atoms. The van der Waals surface area contributed by atoms with Gasteiger partial charge in [0.15, 0.2) is 0 Å². The van der Waals surface area contributed by atoms with Crippen molar-refractivity contribution in [2.75, 3.05) is 26.2 Å². The number of benzene rings is 2. The fourth-order valence-electron chi connectivity index (χ4n) is 3.75. The number of nitrogens with zero attached hydrogens (tertiary/aromatic N) is 2. The average Bonchev–Trinajstić information content (AvgIpc) is 3.27. The van der Waals surface area contributed by atoms with Gasteiger partial charge in [-0.1, -0.05) is 61.5 Å². The third-order valence-corrected chi connectivity index (χ3v) is 6.44. The van der Waals surface area contributed by atoms with Crippen LogP contribution >= 0.6 is 11.3 Å². The molecule has 1 atom stereocenters. The molecule has 1 amide bonds. The molecule has 0 radical (unpaired) electrons. The number of hydrogen-bond acceptors (Lipinski definition) is 5. The Kier molecular flexibility index (Phi) is 7.46. The summed E-state index contributed by atoms with van der Waals surface area (Å²) in [6.07, 6.45) is 1.34. The lowest BCUT2D eigenvalue weighted by atomic mass is 10.1. The minimum Gasteiger partial charge on any atom is -0.374 e. The molecular weight excluding hydrogens is 406 g/mol. The summed E-state index contributed by atoms with van der Waals surface area (Å²) in [5.74, 6) is -0.0121. The number of hydrogen-bond donors (Lipinski definition) is 1. The van der Waals surface area contributed by atoms with Crippen molar-refractivity contribution in [3.05, 3.63) is 76.8 Å². The van der Waals surface area contributed by atoms with Crippen molar-refractivity contribution in [3.63, 3.8) is 0 Å². The summed E-state index contributed by atoms with van der Waals surface area (Å²) < 4.78 is 5.86. The van der Waals surface area contributed by atoms with Crippen LogP contribution in [0, 0.1) is 0 Å². The molecule has 5 nitrogen and oxygen atoms in total. The Morgan fingerprint density at radius 1 is 1.16 bits per heavy atom. The van der Waals surface area contributed by atoms with E-state index in [2.05, 4.69) is 70.7 Å². The minimum absolute atomic E-state index is 0.0121. The number of aryl methyl sites for hydroxylation is 1. The van der Waals surface area contributed by atoms with Crippen LogP contribution in [0.1, 0.15) is 23.7 Å². The molecule has 3 aromatic rings. The molecule has 1 aromatic heterocycles. The van der Waals surface area contributed by atoms with E-state index in [4.69, 9.17) is 4.74 Å². The number of rotatable bonds is 8. The zero-order valence-electron chi connectivity index (χ0n) is 17.9. The van der Waals surface area contributed by atoms with E-state index in [-0.39, 0.29) is 12.0 Å². The van der Waals surface area contributed by atoms with Crippen molar-refractivity contribution in [3.8, 4) is 10.6 Å². The summed E-state index contributed by atoms with van der Waals surface area (Å²) in [6.45, 7) is 6.02. The van der Waals surface area contributed by atoms with E-state index < -0.39 is 0 Å². The number of nitrogens with one attached hydrogen (secondary N) is 1. The fraction of sp³-hybridized carbons (Fsp3) is 0.360. The van der Waals surface area contributed by atoms with E-state index in [1.54, 1.807) is 11.3 Å². The lowest BCUT2D eigenvalue weighted by molar-refractivity contribution is -0.121. The van der Waals surface area contributed by atoms with Gasteiger partial charge in [-0.25, -0.2) is 4.98 Å². The maximum Gasteiger partial charge on any atom is 0.226 e. The number of carbonyl (C=O) groups is 1. The monoisotopic (exact) mass is 435 g/mol. The van der Waals surface area contributed by atoms with E-state index in [1.807, 2.05) is 11.4 Å². The van der Waals surface area contributed by atoms with Gasteiger partial charge in [0, 0.05) is 37.1 Å². The third kappa shape index (κ3) is 6.23. The predicted molar refractivity (Wildman–Crippen MR) is 125 cm³/mol. The van der Waals surface area contributed by atoms with E-state index in [0.717, 1.165) is 42.3 Å². The van der Waals surface area contributed by atoms with Crippen molar-refractivity contribution in [2.24, 2.45) is 0 Å². The highest BCUT2D eigenvalue weighted by atomic mass is 32.1. The number of morpholine rings is 1. The van der Waals surface area contributed by atoms with Crippen molar-refractivity contribution in [1.82, 2.24) is 15.2 Å². The summed E-state index contributed by atoms with van der Waals surface area (Å²) in [7, 11) is 0. The lowest BCUT2D eigenvalue weighted by Gasteiger charge is -2.33. The Bertz CT molecular complexity index is 972. The smallest absolute Gasteiger partial charge is 0.226 e. The maximum atomic E-state index is 12.4. The van der Waals surface area contributed by atoms with Crippen LogP contribution in [0.3, 0.4) is 0 Å². The lowest BCUT2D eigenvalue weighted by Crippen LogP contribution is -2.47. The van der Waals surface area contributed by atoms with Gasteiger partial charge in [-0.3, -0.25) is 9.69 Å². The first-order valence-electron chi connectivity index (χ1n) is 10.9. The Morgan fingerprint density at radius 2 is 1.97 bits per heavy atom. The summed E-state index contributed by atoms with van der Waals surface area (Å²) in [4.78, 5) is 19.5. The molecule has 0 aliphatic carbocycles. The highest BCUT2D eigenvalue weighted by Crippen LogP contribution is 2.24. The number of thiazole rings is 1. The molecule has 1 aliphatic rings. The van der Waals surface area contributed by atoms with Crippen LogP contribution in [0.2, 0.25) is 0 Å². The maximum absolute atomic E-state index is 12.4. The zero-order chi connectivity index (χ0) is 21.5. The fourth-order valence-corrected chi connectivity index (χ4v) is 4.57. The number of amides is 1. The van der Waals surface area contributed by atoms with E-state index in [0.29, 0.717) is 19.6 Å². The molecule has 1 saturated heterocycles. The Morgan fingerprint density at radius 3 is 2.74 bits per heavy atom. The van der Waals surface area contributed by atoms with Crippen molar-refractivity contribution >= 4 is 17.2 Å². The number of aromatic nitrogens is 1. The number of ether oxygens (including phenoxy) is 1. The summed E-state index contributed by atoms with van der Waals surface area (Å²) >= 11 is 1.58. The summed E-state index contributed by atoms with van der Waals surface area (Å²) in [5.41, 5.74) is 4.53. The predicted octanol–water partition coefficient (Wildman–Crippen LogP) is 3.93. The van der Waals surface area contributed by atoms with Gasteiger partial charge >= 0.3 is 0 Å². The van der Waals surface area contributed by atoms with Crippen molar-refractivity contribution in [2.45, 2.75) is 32.4 Å². The van der Waals surface area contributed by atoms with Crippen LogP contribution in [0.5, 0.6) is 0 Å². The van der Waals surface area contributed by atoms with E-state index in [1.165, 1.54) is 11.1 Å². The van der Waals surface area contributed by atoms with Gasteiger partial charge in [0.05, 0.1) is 24.8 Å². The molecular formula is C25H29N3O2S. The Hall–Kier alpha value is -2.54. The summed E-state index contributed by atoms with van der Waals surface area (Å²) in [5, 5.41) is 5.95. The highest BCUT2D eigenvalue weighted by Gasteiger charge is 2.21. The van der Waals surface area contributed by atoms with Crippen LogP contribution in [-0.2, 0) is 28.9 Å². The van der Waals surface area contributed by atoms with Crippen molar-refractivity contribution in [1.29, 1.82) is 0 Å². The molecule has 2 heterocycles. The molecule has 31 heavy (non-hydrogen) atoms. The third-order valence-electron chi connectivity index (χ3n) is 5.50. The van der Waals surface area contributed by atoms with Crippen LogP contribution in [-0.4, -0.2) is 48.1 Å². The number of carbonyl (C=O) groups excluding carboxylic acids is 1. The molecule has 2 aromatic carbocycles. The van der Waals surface area contributed by atoms with Gasteiger partial charge in [-0.2, -0.15) is 0 Å². The molecule has 6 heteroatoms. The SMILES string of the molecule is CCc1ccc(-c2nc(CC(=O)NCC3CN(Cc4ccccc4)CCO3)cs2)cc1. The van der Waals surface area contributed by atoms with Crippen LogP contribution < -0.4 is 5.32 Å². The normalized spacial score (nSPS) is 16.9. The van der Waals surface area contributed by atoms with Gasteiger partial charge in [0.1, 0.15) is 5.01 Å². The molecule has 0 saturated carbocycles. The second kappa shape index (κ2) is 10.7. The molecule has 1 aliphatic heterocycles. The average molecular weight is 436 g/mol. The molecule has 0 spiro atoms. The first-order valence-corrected chi connectivity index (χ1v) is 11.8. The second-order valence-electron chi connectivity index (χ2n) is 7.89. The van der Waals surface area contributed by atoms with Gasteiger partial charge in [0.2, 0.25) is 5.91 Å². The first-order chi connectivity index (χ1) is 15.2. The van der Waals surface area contributed by atoms with Gasteiger partial charge < -0.3 is 10.1 Å². The molecule has 1 fully saturated rings. The Balaban J connectivity index is 1.24. The van der Waals surface area contributed by atoms with Gasteiger partial charge in [-0.05, 0) is 17.5 Å². The Labute approximate surface area is 188 Å². The van der Waals surface area contributed by atoms with Crippen LogP contribution in [0.15, 0.2) is 60.0 Å². The largest absolute Gasteiger partial charge is 0.374 e. The quantitative estimate of drug-likeness (QED) is 0.582. The van der Waals surface area contributed by atoms with Crippen molar-refractivity contribution < 1.29 is 9.53 Å². The molecule has 162 valence electrons. The highest BCUT2D eigenvalue weighted by molar-refractivity contribution is 7.13.